The SMILES string of the molecule is C=C(C)C(=O)N(N)CCCCCCCCCCCCCC. The molecule has 0 bridgehead atoms. The molecule has 0 unspecified atom stereocenters. The number of unbranched alkanes of at least 4 members (excludes halogenated alkanes) is 11. The number of hydrazine groups is 1. The molecule has 0 aliphatic carbocycles. The molecule has 0 aromatic heterocycles. The first-order chi connectivity index (χ1) is 10.1. The van der Waals surface area contributed by atoms with Gasteiger partial charge < -0.3 is 0 Å². The minimum atomic E-state index is -0.141. The zero-order valence-corrected chi connectivity index (χ0v) is 14.3. The van der Waals surface area contributed by atoms with Crippen molar-refractivity contribution in [1.29, 1.82) is 0 Å². The van der Waals surface area contributed by atoms with Gasteiger partial charge in [-0.1, -0.05) is 84.1 Å². The zero-order valence-electron chi connectivity index (χ0n) is 14.3. The molecule has 2 N–H and O–H groups in total. The Bertz CT molecular complexity index is 276. The van der Waals surface area contributed by atoms with Crippen molar-refractivity contribution >= 4 is 5.91 Å². The third-order valence-corrected chi connectivity index (χ3v) is 3.88. The summed E-state index contributed by atoms with van der Waals surface area (Å²) in [7, 11) is 0. The van der Waals surface area contributed by atoms with Crippen LogP contribution in [-0.4, -0.2) is 17.5 Å². The summed E-state index contributed by atoms with van der Waals surface area (Å²) < 4.78 is 0. The lowest BCUT2D eigenvalue weighted by molar-refractivity contribution is -0.127. The predicted octanol–water partition coefficient (Wildman–Crippen LogP) is 4.97. The minimum Gasteiger partial charge on any atom is -0.277 e. The molecule has 0 heterocycles. The summed E-state index contributed by atoms with van der Waals surface area (Å²) in [5, 5.41) is 1.29. The monoisotopic (exact) mass is 296 g/mol. The summed E-state index contributed by atoms with van der Waals surface area (Å²) in [4.78, 5) is 11.5. The molecule has 0 radical (unpaired) electrons. The standard InChI is InChI=1S/C18H36N2O/c1-4-5-6-7-8-9-10-11-12-13-14-15-16-20(19)18(21)17(2)3/h2,4-16,19H2,1,3H3. The van der Waals surface area contributed by atoms with Gasteiger partial charge in [-0.2, -0.15) is 0 Å². The summed E-state index contributed by atoms with van der Waals surface area (Å²) in [5.41, 5.74) is 0.511. The maximum Gasteiger partial charge on any atom is 0.262 e. The van der Waals surface area contributed by atoms with E-state index in [2.05, 4.69) is 13.5 Å². The molecule has 3 nitrogen and oxygen atoms in total. The van der Waals surface area contributed by atoms with E-state index in [0.717, 1.165) is 12.8 Å². The highest BCUT2D eigenvalue weighted by Crippen LogP contribution is 2.12. The van der Waals surface area contributed by atoms with Crippen LogP contribution in [-0.2, 0) is 4.79 Å². The fourth-order valence-corrected chi connectivity index (χ4v) is 2.47. The third-order valence-electron chi connectivity index (χ3n) is 3.88. The zero-order chi connectivity index (χ0) is 15.9. The molecule has 0 fully saturated rings. The van der Waals surface area contributed by atoms with E-state index in [4.69, 9.17) is 5.84 Å². The normalized spacial score (nSPS) is 10.6. The van der Waals surface area contributed by atoms with Gasteiger partial charge in [0.25, 0.3) is 5.91 Å². The van der Waals surface area contributed by atoms with Crippen LogP contribution in [0.15, 0.2) is 12.2 Å². The van der Waals surface area contributed by atoms with Crippen LogP contribution in [0.3, 0.4) is 0 Å². The molecule has 0 aromatic rings. The predicted molar refractivity (Wildman–Crippen MR) is 91.8 cm³/mol. The number of hydrogen-bond donors (Lipinski definition) is 1. The maximum atomic E-state index is 11.5. The van der Waals surface area contributed by atoms with Gasteiger partial charge in [-0.25, -0.2) is 5.84 Å². The molecule has 124 valence electrons. The lowest BCUT2D eigenvalue weighted by atomic mass is 10.1. The van der Waals surface area contributed by atoms with E-state index < -0.39 is 0 Å². The second-order valence-electron chi connectivity index (χ2n) is 6.17. The lowest BCUT2D eigenvalue weighted by Gasteiger charge is -2.16. The van der Waals surface area contributed by atoms with Crippen molar-refractivity contribution in [3.63, 3.8) is 0 Å². The lowest BCUT2D eigenvalue weighted by Crippen LogP contribution is -2.38. The Morgan fingerprint density at radius 1 is 0.857 bits per heavy atom. The van der Waals surface area contributed by atoms with E-state index in [-0.39, 0.29) is 5.91 Å². The van der Waals surface area contributed by atoms with Gasteiger partial charge in [0.1, 0.15) is 0 Å². The number of nitrogens with two attached hydrogens (primary N) is 1. The second kappa shape index (κ2) is 14.1. The number of carbonyl (C=O) groups excluding carboxylic acids is 1. The highest BCUT2D eigenvalue weighted by molar-refractivity contribution is 5.91. The first kappa shape index (κ1) is 20.2. The molecule has 0 saturated heterocycles. The van der Waals surface area contributed by atoms with Crippen LogP contribution in [0.25, 0.3) is 0 Å². The largest absolute Gasteiger partial charge is 0.277 e. The Hall–Kier alpha value is -0.830. The van der Waals surface area contributed by atoms with Crippen molar-refractivity contribution in [1.82, 2.24) is 5.01 Å². The highest BCUT2D eigenvalue weighted by Gasteiger charge is 2.08. The van der Waals surface area contributed by atoms with Crippen LogP contribution in [0.5, 0.6) is 0 Å². The number of hydrogen-bond acceptors (Lipinski definition) is 2. The fraction of sp³-hybridized carbons (Fsp3) is 0.833. The van der Waals surface area contributed by atoms with Gasteiger partial charge in [-0.15, -0.1) is 0 Å². The molecule has 3 heteroatoms. The van der Waals surface area contributed by atoms with Crippen LogP contribution in [0.2, 0.25) is 0 Å². The molecule has 0 rings (SSSR count). The fourth-order valence-electron chi connectivity index (χ4n) is 2.47. The molecular formula is C18H36N2O. The number of amides is 1. The first-order valence-electron chi connectivity index (χ1n) is 8.81. The average Bonchev–Trinajstić information content (AvgIpc) is 2.47. The summed E-state index contributed by atoms with van der Waals surface area (Å²) in [6.07, 6.45) is 15.8. The summed E-state index contributed by atoms with van der Waals surface area (Å²) in [6, 6.07) is 0. The Morgan fingerprint density at radius 2 is 1.24 bits per heavy atom. The van der Waals surface area contributed by atoms with E-state index in [1.165, 1.54) is 69.2 Å². The topological polar surface area (TPSA) is 46.3 Å². The smallest absolute Gasteiger partial charge is 0.262 e. The first-order valence-corrected chi connectivity index (χ1v) is 8.81. The van der Waals surface area contributed by atoms with Gasteiger partial charge in [0.05, 0.1) is 0 Å². The Kier molecular flexibility index (Phi) is 13.6. The number of nitrogens with zero attached hydrogens (tertiary/aromatic N) is 1. The molecule has 21 heavy (non-hydrogen) atoms. The van der Waals surface area contributed by atoms with Gasteiger partial charge in [0, 0.05) is 12.1 Å². The minimum absolute atomic E-state index is 0.141. The van der Waals surface area contributed by atoms with E-state index in [0.29, 0.717) is 12.1 Å². The van der Waals surface area contributed by atoms with Crippen LogP contribution in [0.1, 0.15) is 90.9 Å². The van der Waals surface area contributed by atoms with Gasteiger partial charge in [-0.05, 0) is 13.3 Å². The van der Waals surface area contributed by atoms with E-state index in [9.17, 15) is 4.79 Å². The Morgan fingerprint density at radius 3 is 1.62 bits per heavy atom. The quantitative estimate of drug-likeness (QED) is 0.162. The molecule has 0 saturated carbocycles. The van der Waals surface area contributed by atoms with Gasteiger partial charge in [0.2, 0.25) is 0 Å². The van der Waals surface area contributed by atoms with Crippen LogP contribution < -0.4 is 5.84 Å². The summed E-state index contributed by atoms with van der Waals surface area (Å²) in [6.45, 7) is 8.22. The van der Waals surface area contributed by atoms with Crippen molar-refractivity contribution in [3.8, 4) is 0 Å². The second-order valence-corrected chi connectivity index (χ2v) is 6.17. The summed E-state index contributed by atoms with van der Waals surface area (Å²) in [5.74, 6) is 5.53. The van der Waals surface area contributed by atoms with E-state index in [1.54, 1.807) is 6.92 Å². The average molecular weight is 296 g/mol. The molecule has 1 amide bonds. The number of carbonyl (C=O) groups is 1. The summed E-state index contributed by atoms with van der Waals surface area (Å²) >= 11 is 0. The van der Waals surface area contributed by atoms with Crippen molar-refractivity contribution < 1.29 is 4.79 Å². The molecule has 0 aliphatic rings. The maximum absolute atomic E-state index is 11.5. The van der Waals surface area contributed by atoms with Gasteiger partial charge in [-0.3, -0.25) is 9.80 Å². The van der Waals surface area contributed by atoms with Crippen LogP contribution >= 0.6 is 0 Å². The highest BCUT2D eigenvalue weighted by atomic mass is 16.2. The van der Waals surface area contributed by atoms with E-state index >= 15 is 0 Å². The Balaban J connectivity index is 3.22. The van der Waals surface area contributed by atoms with E-state index in [1.807, 2.05) is 0 Å². The van der Waals surface area contributed by atoms with Crippen molar-refractivity contribution in [2.24, 2.45) is 5.84 Å². The third kappa shape index (κ3) is 12.6. The molecule has 0 aliphatic heterocycles. The molecular weight excluding hydrogens is 260 g/mol. The van der Waals surface area contributed by atoms with Gasteiger partial charge in [0.15, 0.2) is 0 Å². The van der Waals surface area contributed by atoms with Crippen molar-refractivity contribution in [3.05, 3.63) is 12.2 Å². The number of rotatable bonds is 14. The van der Waals surface area contributed by atoms with Crippen LogP contribution in [0, 0.1) is 0 Å². The molecule has 0 aromatic carbocycles. The van der Waals surface area contributed by atoms with Crippen molar-refractivity contribution in [2.75, 3.05) is 6.54 Å². The van der Waals surface area contributed by atoms with Crippen molar-refractivity contribution in [2.45, 2.75) is 90.9 Å². The van der Waals surface area contributed by atoms with Gasteiger partial charge >= 0.3 is 0 Å². The molecule has 0 atom stereocenters. The Labute approximate surface area is 131 Å². The van der Waals surface area contributed by atoms with Crippen LogP contribution in [0.4, 0.5) is 0 Å². The molecule has 0 spiro atoms.